The summed E-state index contributed by atoms with van der Waals surface area (Å²) in [7, 11) is 1.36. The van der Waals surface area contributed by atoms with Crippen molar-refractivity contribution in [2.75, 3.05) is 7.11 Å². The first-order chi connectivity index (χ1) is 7.69. The first kappa shape index (κ1) is 13.2. The fourth-order valence-electron chi connectivity index (χ4n) is 1.18. The molecule has 0 bridgehead atoms. The summed E-state index contributed by atoms with van der Waals surface area (Å²) in [6.45, 7) is 1.76. The second kappa shape index (κ2) is 6.66. The third-order valence-corrected chi connectivity index (χ3v) is 5.03. The zero-order valence-corrected chi connectivity index (χ0v) is 10.9. The Hall–Kier alpha value is -0.871. The first-order valence-electron chi connectivity index (χ1n) is 4.88. The van der Waals surface area contributed by atoms with E-state index in [1.54, 1.807) is 6.92 Å². The molecule has 1 aromatic carbocycles. The van der Waals surface area contributed by atoms with Crippen LogP contribution in [0.1, 0.15) is 6.92 Å². The number of rotatable bonds is 5. The third-order valence-electron chi connectivity index (χ3n) is 2.10. The Bertz CT molecular complexity index is 331. The maximum absolute atomic E-state index is 11.6. The third kappa shape index (κ3) is 3.61. The molecule has 2 N–H and O–H groups in total. The summed E-state index contributed by atoms with van der Waals surface area (Å²) in [6.07, 6.45) is 0. The number of benzene rings is 1. The van der Waals surface area contributed by atoms with Crippen LogP contribution in [0.3, 0.4) is 0 Å². The zero-order chi connectivity index (χ0) is 12.0. The molecule has 0 amide bonds. The van der Waals surface area contributed by atoms with Crippen LogP contribution >= 0.6 is 0 Å². The number of hydrogen-bond donors (Lipinski definition) is 2. The summed E-state index contributed by atoms with van der Waals surface area (Å²) in [5.41, 5.74) is 2.12. The van der Waals surface area contributed by atoms with Crippen LogP contribution in [0.4, 0.5) is 0 Å². The van der Waals surface area contributed by atoms with E-state index < -0.39 is 0 Å². The summed E-state index contributed by atoms with van der Waals surface area (Å²) >= 11 is -0.0660. The second-order valence-electron chi connectivity index (χ2n) is 3.29. The van der Waals surface area contributed by atoms with Gasteiger partial charge in [-0.05, 0) is 0 Å². The summed E-state index contributed by atoms with van der Waals surface area (Å²) < 4.78 is 5.84. The van der Waals surface area contributed by atoms with Crippen LogP contribution in [-0.2, 0) is 9.53 Å². The van der Waals surface area contributed by atoms with Gasteiger partial charge in [-0.1, -0.05) is 0 Å². The van der Waals surface area contributed by atoms with E-state index in [1.165, 1.54) is 7.11 Å². The monoisotopic (exact) mass is 289 g/mol. The molecule has 0 radical (unpaired) electrons. The number of esters is 1. The number of ether oxygens (including phenoxy) is 1. The Balaban J connectivity index is 2.75. The number of nitrogens with one attached hydrogen (secondary N) is 1. The molecule has 5 heteroatoms. The van der Waals surface area contributed by atoms with Crippen LogP contribution in [-0.4, -0.2) is 39.3 Å². The summed E-state index contributed by atoms with van der Waals surface area (Å²) in [5.74, 6) is -0.294. The SMILES string of the molecule is COC(=O)C([Se]c1ccccc1)C(C)NO. The number of methoxy groups -OCH3 is 1. The van der Waals surface area contributed by atoms with E-state index in [0.29, 0.717) is 0 Å². The predicted octanol–water partition coefficient (Wildman–Crippen LogP) is 0.345. The van der Waals surface area contributed by atoms with Crippen LogP contribution in [0.25, 0.3) is 0 Å². The van der Waals surface area contributed by atoms with Crippen molar-refractivity contribution in [2.24, 2.45) is 0 Å². The Labute approximate surface area is 101 Å². The fraction of sp³-hybridized carbons (Fsp3) is 0.364. The number of carbonyl (C=O) groups is 1. The van der Waals surface area contributed by atoms with Gasteiger partial charge in [0.25, 0.3) is 0 Å². The van der Waals surface area contributed by atoms with Gasteiger partial charge in [0.15, 0.2) is 0 Å². The van der Waals surface area contributed by atoms with Crippen LogP contribution in [0.5, 0.6) is 0 Å². The van der Waals surface area contributed by atoms with E-state index in [4.69, 9.17) is 9.94 Å². The zero-order valence-electron chi connectivity index (χ0n) is 9.21. The van der Waals surface area contributed by atoms with Gasteiger partial charge < -0.3 is 0 Å². The van der Waals surface area contributed by atoms with Gasteiger partial charge in [0.05, 0.1) is 0 Å². The molecule has 0 aliphatic rings. The Morgan fingerprint density at radius 2 is 2.06 bits per heavy atom. The van der Waals surface area contributed by atoms with E-state index in [1.807, 2.05) is 30.3 Å². The standard InChI is InChI=1S/C11H15NO3Se/c1-8(12-14)10(11(13)15-2)16-9-6-4-3-5-7-9/h3-8,10,12,14H,1-2H3. The van der Waals surface area contributed by atoms with Crippen molar-refractivity contribution in [3.8, 4) is 0 Å². The summed E-state index contributed by atoms with van der Waals surface area (Å²) in [5, 5.41) is 8.88. The van der Waals surface area contributed by atoms with Crippen molar-refractivity contribution < 1.29 is 14.7 Å². The van der Waals surface area contributed by atoms with Gasteiger partial charge in [-0.2, -0.15) is 0 Å². The topological polar surface area (TPSA) is 58.6 Å². The number of hydrogen-bond acceptors (Lipinski definition) is 4. The van der Waals surface area contributed by atoms with Gasteiger partial charge in [0.1, 0.15) is 0 Å². The van der Waals surface area contributed by atoms with Gasteiger partial charge in [-0.15, -0.1) is 0 Å². The molecule has 1 aromatic rings. The van der Waals surface area contributed by atoms with Crippen molar-refractivity contribution in [3.63, 3.8) is 0 Å². The maximum atomic E-state index is 11.6. The second-order valence-corrected chi connectivity index (χ2v) is 5.84. The molecule has 0 aliphatic carbocycles. The van der Waals surface area contributed by atoms with Gasteiger partial charge in [0.2, 0.25) is 0 Å². The molecule has 0 saturated heterocycles. The Morgan fingerprint density at radius 1 is 1.44 bits per heavy atom. The molecule has 1 rings (SSSR count). The quantitative estimate of drug-likeness (QED) is 0.466. The van der Waals surface area contributed by atoms with Gasteiger partial charge in [0, 0.05) is 0 Å². The summed E-state index contributed by atoms with van der Waals surface area (Å²) in [6, 6.07) is 9.43. The van der Waals surface area contributed by atoms with E-state index >= 15 is 0 Å². The van der Waals surface area contributed by atoms with E-state index in [0.717, 1.165) is 4.46 Å². The molecular weight excluding hydrogens is 273 g/mol. The van der Waals surface area contributed by atoms with Gasteiger partial charge >= 0.3 is 101 Å². The fourth-order valence-corrected chi connectivity index (χ4v) is 3.42. The molecule has 0 aromatic heterocycles. The van der Waals surface area contributed by atoms with E-state index in [9.17, 15) is 4.79 Å². The molecule has 0 spiro atoms. The van der Waals surface area contributed by atoms with Crippen LogP contribution in [0, 0.1) is 0 Å². The molecule has 0 aliphatic heterocycles. The molecule has 2 atom stereocenters. The minimum absolute atomic E-state index is 0.0660. The van der Waals surface area contributed by atoms with Crippen molar-refractivity contribution in [2.45, 2.75) is 17.8 Å². The minimum atomic E-state index is -0.329. The molecule has 0 fully saturated rings. The number of carbonyl (C=O) groups excluding carboxylic acids is 1. The van der Waals surface area contributed by atoms with Crippen LogP contribution in [0.15, 0.2) is 30.3 Å². The first-order valence-corrected chi connectivity index (χ1v) is 6.72. The van der Waals surface area contributed by atoms with E-state index in [2.05, 4.69) is 5.48 Å². The molecule has 4 nitrogen and oxygen atoms in total. The summed E-state index contributed by atoms with van der Waals surface area (Å²) in [4.78, 5) is 11.2. The van der Waals surface area contributed by atoms with Crippen molar-refractivity contribution >= 4 is 25.4 Å². The van der Waals surface area contributed by atoms with Crippen LogP contribution in [0.2, 0.25) is 4.82 Å². The van der Waals surface area contributed by atoms with Crippen molar-refractivity contribution in [1.82, 2.24) is 5.48 Å². The normalized spacial score (nSPS) is 14.2. The molecule has 88 valence electrons. The van der Waals surface area contributed by atoms with Crippen molar-refractivity contribution in [1.29, 1.82) is 0 Å². The molecule has 16 heavy (non-hydrogen) atoms. The van der Waals surface area contributed by atoms with Crippen molar-refractivity contribution in [3.05, 3.63) is 30.3 Å². The number of hydroxylamine groups is 1. The molecule has 0 heterocycles. The average molecular weight is 288 g/mol. The average Bonchev–Trinajstić information content (AvgIpc) is 2.35. The van der Waals surface area contributed by atoms with Gasteiger partial charge in [-0.25, -0.2) is 0 Å². The Kier molecular flexibility index (Phi) is 5.49. The Morgan fingerprint density at radius 3 is 2.56 bits per heavy atom. The predicted molar refractivity (Wildman–Crippen MR) is 62.0 cm³/mol. The molecule has 0 saturated carbocycles. The van der Waals surface area contributed by atoms with Gasteiger partial charge in [-0.3, -0.25) is 0 Å². The molecule has 2 unspecified atom stereocenters. The molecular formula is C11H15NO3Se. The van der Waals surface area contributed by atoms with Crippen LogP contribution < -0.4 is 9.94 Å². The van der Waals surface area contributed by atoms with E-state index in [-0.39, 0.29) is 31.8 Å².